The van der Waals surface area contributed by atoms with Crippen LogP contribution in [0.15, 0.2) is 24.3 Å². The Labute approximate surface area is 111 Å². The summed E-state index contributed by atoms with van der Waals surface area (Å²) in [5.74, 6) is -1.94. The van der Waals surface area contributed by atoms with Gasteiger partial charge in [0.15, 0.2) is 0 Å². The Kier molecular flexibility index (Phi) is 3.09. The molecule has 0 aliphatic heterocycles. The summed E-state index contributed by atoms with van der Waals surface area (Å²) in [6.45, 7) is 0. The van der Waals surface area contributed by atoms with Gasteiger partial charge in [0, 0.05) is 12.8 Å². The molecule has 3 atom stereocenters. The number of hydrogen-bond acceptors (Lipinski definition) is 0. The second-order valence-electron chi connectivity index (χ2n) is 5.77. The molecule has 0 N–H and O–H groups in total. The topological polar surface area (TPSA) is 0 Å². The van der Waals surface area contributed by atoms with Crippen LogP contribution in [0.5, 0.6) is 0 Å². The van der Waals surface area contributed by atoms with Crippen molar-refractivity contribution in [1.29, 1.82) is 0 Å². The molecule has 3 heteroatoms. The number of hydrogen-bond donors (Lipinski definition) is 0. The van der Waals surface area contributed by atoms with Crippen LogP contribution in [-0.2, 0) is 6.42 Å². The van der Waals surface area contributed by atoms with E-state index in [0.29, 0.717) is 12.3 Å². The summed E-state index contributed by atoms with van der Waals surface area (Å²) in [5.41, 5.74) is 2.50. The maximum absolute atomic E-state index is 13.2. The first-order chi connectivity index (χ1) is 8.55. The van der Waals surface area contributed by atoms with E-state index in [4.69, 9.17) is 11.6 Å². The minimum Gasteiger partial charge on any atom is -0.207 e. The predicted molar refractivity (Wildman–Crippen MR) is 69.1 cm³/mol. The fourth-order valence-corrected chi connectivity index (χ4v) is 3.91. The van der Waals surface area contributed by atoms with Crippen LogP contribution in [-0.4, -0.2) is 5.92 Å². The van der Waals surface area contributed by atoms with Crippen LogP contribution in [0.3, 0.4) is 0 Å². The molecular formula is C15H17ClF2. The standard InChI is InChI=1S/C15H17ClF2/c16-14-12(7-10-5-6-15(17,18)9-10)8-11-3-1-2-4-13(11)14/h1-4,10,12,14H,5-9H2. The molecule has 1 saturated carbocycles. The zero-order chi connectivity index (χ0) is 12.8. The summed E-state index contributed by atoms with van der Waals surface area (Å²) in [7, 11) is 0. The molecule has 0 spiro atoms. The lowest BCUT2D eigenvalue weighted by molar-refractivity contribution is 0.00408. The van der Waals surface area contributed by atoms with Crippen molar-refractivity contribution >= 4 is 11.6 Å². The largest absolute Gasteiger partial charge is 0.248 e. The Bertz CT molecular complexity index is 444. The van der Waals surface area contributed by atoms with Gasteiger partial charge in [-0.3, -0.25) is 0 Å². The highest BCUT2D eigenvalue weighted by molar-refractivity contribution is 6.21. The van der Waals surface area contributed by atoms with E-state index in [0.717, 1.165) is 12.8 Å². The van der Waals surface area contributed by atoms with E-state index in [2.05, 4.69) is 12.1 Å². The highest BCUT2D eigenvalue weighted by atomic mass is 35.5. The summed E-state index contributed by atoms with van der Waals surface area (Å²) in [6, 6.07) is 8.19. The average molecular weight is 271 g/mol. The molecule has 2 aliphatic rings. The summed E-state index contributed by atoms with van der Waals surface area (Å²) in [4.78, 5) is 0. The molecule has 1 aromatic carbocycles. The average Bonchev–Trinajstić information content (AvgIpc) is 2.82. The van der Waals surface area contributed by atoms with E-state index in [-0.39, 0.29) is 24.1 Å². The summed E-state index contributed by atoms with van der Waals surface area (Å²) in [5, 5.41) is 0.00965. The smallest absolute Gasteiger partial charge is 0.207 e. The molecule has 1 fully saturated rings. The van der Waals surface area contributed by atoms with Gasteiger partial charge in [-0.05, 0) is 42.2 Å². The van der Waals surface area contributed by atoms with E-state index in [9.17, 15) is 8.78 Å². The molecule has 3 unspecified atom stereocenters. The molecule has 0 nitrogen and oxygen atoms in total. The van der Waals surface area contributed by atoms with Gasteiger partial charge >= 0.3 is 0 Å². The third-order valence-corrected chi connectivity index (χ3v) is 4.98. The van der Waals surface area contributed by atoms with Crippen molar-refractivity contribution in [3.8, 4) is 0 Å². The molecule has 0 saturated heterocycles. The minimum atomic E-state index is -2.43. The second-order valence-corrected chi connectivity index (χ2v) is 6.24. The molecule has 98 valence electrons. The van der Waals surface area contributed by atoms with E-state index < -0.39 is 5.92 Å². The minimum absolute atomic E-state index is 0.00965. The number of halogens is 3. The first-order valence-electron chi connectivity index (χ1n) is 6.65. The van der Waals surface area contributed by atoms with Gasteiger partial charge in [-0.15, -0.1) is 11.6 Å². The predicted octanol–water partition coefficient (Wildman–Crippen LogP) is 4.96. The Morgan fingerprint density at radius 2 is 2.06 bits per heavy atom. The van der Waals surface area contributed by atoms with E-state index in [1.807, 2.05) is 12.1 Å². The van der Waals surface area contributed by atoms with Gasteiger partial charge in [0.1, 0.15) is 0 Å². The molecule has 0 bridgehead atoms. The third-order valence-electron chi connectivity index (χ3n) is 4.39. The molecule has 2 aliphatic carbocycles. The zero-order valence-corrected chi connectivity index (χ0v) is 11.0. The molecule has 1 aromatic rings. The van der Waals surface area contributed by atoms with Gasteiger partial charge in [-0.25, -0.2) is 8.78 Å². The van der Waals surface area contributed by atoms with Crippen molar-refractivity contribution in [2.45, 2.75) is 43.4 Å². The van der Waals surface area contributed by atoms with Crippen LogP contribution in [0.2, 0.25) is 0 Å². The van der Waals surface area contributed by atoms with Gasteiger partial charge in [-0.2, -0.15) is 0 Å². The van der Waals surface area contributed by atoms with Gasteiger partial charge in [0.2, 0.25) is 5.92 Å². The Balaban J connectivity index is 1.67. The van der Waals surface area contributed by atoms with E-state index in [1.165, 1.54) is 11.1 Å². The van der Waals surface area contributed by atoms with Crippen LogP contribution in [0.1, 0.15) is 42.2 Å². The SMILES string of the molecule is FC1(F)CCC(CC2Cc3ccccc3C2Cl)C1. The van der Waals surface area contributed by atoms with Crippen LogP contribution in [0.4, 0.5) is 8.78 Å². The van der Waals surface area contributed by atoms with Crippen LogP contribution in [0.25, 0.3) is 0 Å². The molecular weight excluding hydrogens is 254 g/mol. The second kappa shape index (κ2) is 4.48. The normalized spacial score (nSPS) is 33.6. The fourth-order valence-electron chi connectivity index (χ4n) is 3.50. The van der Waals surface area contributed by atoms with Crippen LogP contribution < -0.4 is 0 Å². The van der Waals surface area contributed by atoms with Gasteiger partial charge in [0.25, 0.3) is 0 Å². The quantitative estimate of drug-likeness (QED) is 0.666. The Morgan fingerprint density at radius 3 is 2.72 bits per heavy atom. The lowest BCUT2D eigenvalue weighted by atomic mass is 9.91. The molecule has 0 radical (unpaired) electrons. The van der Waals surface area contributed by atoms with E-state index in [1.54, 1.807) is 0 Å². The Hall–Kier alpha value is -0.630. The highest BCUT2D eigenvalue weighted by Crippen LogP contribution is 2.48. The lowest BCUT2D eigenvalue weighted by Crippen LogP contribution is -2.13. The first-order valence-corrected chi connectivity index (χ1v) is 7.08. The lowest BCUT2D eigenvalue weighted by Gasteiger charge is -2.18. The fraction of sp³-hybridized carbons (Fsp3) is 0.600. The third kappa shape index (κ3) is 2.27. The van der Waals surface area contributed by atoms with Crippen LogP contribution in [0, 0.1) is 11.8 Å². The summed E-state index contributed by atoms with van der Waals surface area (Å²) in [6.07, 6.45) is 2.57. The maximum Gasteiger partial charge on any atom is 0.248 e. The number of alkyl halides is 3. The zero-order valence-electron chi connectivity index (χ0n) is 10.2. The van der Waals surface area contributed by atoms with Gasteiger partial charge < -0.3 is 0 Å². The van der Waals surface area contributed by atoms with Gasteiger partial charge in [0.05, 0.1) is 5.38 Å². The molecule has 0 heterocycles. The van der Waals surface area contributed by atoms with Crippen LogP contribution >= 0.6 is 11.6 Å². The molecule has 3 rings (SSSR count). The number of fused-ring (bicyclic) bond motifs is 1. The van der Waals surface area contributed by atoms with Crippen molar-refractivity contribution in [3.05, 3.63) is 35.4 Å². The summed E-state index contributed by atoms with van der Waals surface area (Å²) < 4.78 is 26.4. The maximum atomic E-state index is 13.2. The number of rotatable bonds is 2. The molecule has 18 heavy (non-hydrogen) atoms. The summed E-state index contributed by atoms with van der Waals surface area (Å²) >= 11 is 6.47. The molecule has 0 aromatic heterocycles. The molecule has 0 amide bonds. The van der Waals surface area contributed by atoms with Crippen molar-refractivity contribution in [1.82, 2.24) is 0 Å². The van der Waals surface area contributed by atoms with Gasteiger partial charge in [-0.1, -0.05) is 24.3 Å². The highest BCUT2D eigenvalue weighted by Gasteiger charge is 2.41. The number of benzene rings is 1. The van der Waals surface area contributed by atoms with E-state index >= 15 is 0 Å². The van der Waals surface area contributed by atoms with Crippen molar-refractivity contribution in [2.75, 3.05) is 0 Å². The Morgan fingerprint density at radius 1 is 1.28 bits per heavy atom. The van der Waals surface area contributed by atoms with Crippen molar-refractivity contribution in [2.24, 2.45) is 11.8 Å². The van der Waals surface area contributed by atoms with Crippen molar-refractivity contribution < 1.29 is 8.78 Å². The monoisotopic (exact) mass is 270 g/mol. The van der Waals surface area contributed by atoms with Crippen molar-refractivity contribution in [3.63, 3.8) is 0 Å². The first kappa shape index (κ1) is 12.4.